The maximum absolute atomic E-state index is 10.5. The smallest absolute Gasteiger partial charge is 0.335 e. The second kappa shape index (κ2) is 14.4. The van der Waals surface area contributed by atoms with Crippen molar-refractivity contribution in [3.05, 3.63) is 89.0 Å². The molecule has 9 heteroatoms. The average molecular weight is 524 g/mol. The zero-order chi connectivity index (χ0) is 26.6. The highest BCUT2D eigenvalue weighted by Gasteiger charge is 2.12. The summed E-state index contributed by atoms with van der Waals surface area (Å²) in [4.78, 5) is 23.1. The summed E-state index contributed by atoms with van der Waals surface area (Å²) in [6, 6.07) is 21.1. The van der Waals surface area contributed by atoms with Crippen molar-refractivity contribution < 1.29 is 23.6 Å². The molecule has 37 heavy (non-hydrogen) atoms. The van der Waals surface area contributed by atoms with Crippen LogP contribution >= 0.6 is 12.2 Å². The van der Waals surface area contributed by atoms with Gasteiger partial charge < -0.3 is 19.3 Å². The summed E-state index contributed by atoms with van der Waals surface area (Å²) in [6.07, 6.45) is 0.621. The summed E-state index contributed by atoms with van der Waals surface area (Å²) in [5, 5.41) is 16.6. The van der Waals surface area contributed by atoms with Crippen LogP contribution in [0.2, 0.25) is 0 Å². The molecule has 1 atom stereocenters. The predicted molar refractivity (Wildman–Crippen MR) is 146 cm³/mol. The zero-order valence-corrected chi connectivity index (χ0v) is 21.9. The van der Waals surface area contributed by atoms with E-state index < -0.39 is 5.97 Å². The van der Waals surface area contributed by atoms with E-state index in [0.29, 0.717) is 6.41 Å². The molecule has 8 nitrogen and oxygen atoms in total. The Kier molecular flexibility index (Phi) is 11.0. The summed E-state index contributed by atoms with van der Waals surface area (Å²) in [7, 11) is 0. The lowest BCUT2D eigenvalue weighted by Crippen LogP contribution is -2.35. The van der Waals surface area contributed by atoms with Gasteiger partial charge in [0.1, 0.15) is 18.0 Å². The lowest BCUT2D eigenvalue weighted by molar-refractivity contribution is -0.110. The number of carboxylic acid groups (broad SMARTS) is 1. The fraction of sp³-hybridized carbons (Fsp3) is 0.286. The molecule has 196 valence electrons. The van der Waals surface area contributed by atoms with Crippen molar-refractivity contribution in [1.82, 2.24) is 10.2 Å². The standard InChI is InChI=1S/C18H22N2O2S.C10H11NO3/c1-14-11-17(22-23-19)5-6-18(14)16-4-2-3-15(12-16)13-20-7-9-21-10-8-20;1-7(11-6-12)8-2-4-9(5-3-8)10(13)14/h2-6,11-12H,7-10,13,19H2,1H3;2-7H,1H3,(H,11,12)(H,13,14). The maximum atomic E-state index is 10.5. The SMILES string of the molecule is CC(NC=O)c1ccc(C(=O)O)cc1.Cc1cc(OSN)ccc1-c1cccc(CN2CCOCC2)c1. The molecule has 0 aliphatic carbocycles. The molecular weight excluding hydrogens is 490 g/mol. The number of amides is 1. The number of benzene rings is 3. The van der Waals surface area contributed by atoms with E-state index in [1.807, 2.05) is 19.1 Å². The number of morpholine rings is 1. The van der Waals surface area contributed by atoms with Crippen LogP contribution in [0.25, 0.3) is 11.1 Å². The minimum atomic E-state index is -0.951. The molecule has 1 heterocycles. The number of carbonyl (C=O) groups is 2. The Morgan fingerprint density at radius 3 is 2.51 bits per heavy atom. The lowest BCUT2D eigenvalue weighted by atomic mass is 9.98. The first-order chi connectivity index (χ1) is 17.9. The van der Waals surface area contributed by atoms with Crippen molar-refractivity contribution in [2.45, 2.75) is 26.4 Å². The minimum Gasteiger partial charge on any atom is -0.478 e. The van der Waals surface area contributed by atoms with Gasteiger partial charge in [0.15, 0.2) is 0 Å². The zero-order valence-electron chi connectivity index (χ0n) is 21.1. The van der Waals surface area contributed by atoms with Crippen LogP contribution in [-0.2, 0) is 16.1 Å². The molecule has 1 fully saturated rings. The number of rotatable bonds is 9. The number of ether oxygens (including phenoxy) is 1. The summed E-state index contributed by atoms with van der Waals surface area (Å²) < 4.78 is 10.7. The number of aryl methyl sites for hydroxylation is 1. The van der Waals surface area contributed by atoms with Gasteiger partial charge in [-0.15, -0.1) is 0 Å². The number of nitrogens with one attached hydrogen (secondary N) is 1. The Morgan fingerprint density at radius 2 is 1.89 bits per heavy atom. The monoisotopic (exact) mass is 523 g/mol. The van der Waals surface area contributed by atoms with Gasteiger partial charge in [-0.05, 0) is 72.0 Å². The first kappa shape index (κ1) is 28.2. The van der Waals surface area contributed by atoms with Crippen LogP contribution in [0.1, 0.15) is 40.0 Å². The molecule has 3 aromatic carbocycles. The Bertz CT molecular complexity index is 1170. The van der Waals surface area contributed by atoms with Gasteiger partial charge in [-0.3, -0.25) is 9.69 Å². The first-order valence-electron chi connectivity index (χ1n) is 12.0. The minimum absolute atomic E-state index is 0.102. The summed E-state index contributed by atoms with van der Waals surface area (Å²) in [5.41, 5.74) is 6.10. The number of hydrogen-bond donors (Lipinski definition) is 3. The van der Waals surface area contributed by atoms with Crippen LogP contribution in [0.3, 0.4) is 0 Å². The third kappa shape index (κ3) is 8.61. The molecule has 0 saturated carbocycles. The van der Waals surface area contributed by atoms with E-state index in [2.05, 4.69) is 47.5 Å². The molecule has 4 rings (SSSR count). The molecule has 1 amide bonds. The van der Waals surface area contributed by atoms with E-state index in [-0.39, 0.29) is 11.6 Å². The summed E-state index contributed by atoms with van der Waals surface area (Å²) >= 11 is 0.871. The van der Waals surface area contributed by atoms with Crippen LogP contribution in [0, 0.1) is 6.92 Å². The van der Waals surface area contributed by atoms with Gasteiger partial charge in [0.25, 0.3) is 0 Å². The van der Waals surface area contributed by atoms with Crippen LogP contribution in [-0.4, -0.2) is 48.7 Å². The third-order valence-corrected chi connectivity index (χ3v) is 6.35. The maximum Gasteiger partial charge on any atom is 0.335 e. The lowest BCUT2D eigenvalue weighted by Gasteiger charge is -2.26. The van der Waals surface area contributed by atoms with E-state index in [4.69, 9.17) is 19.2 Å². The quantitative estimate of drug-likeness (QED) is 0.212. The van der Waals surface area contributed by atoms with E-state index in [9.17, 15) is 9.59 Å². The molecule has 1 aliphatic heterocycles. The van der Waals surface area contributed by atoms with Crippen molar-refractivity contribution in [1.29, 1.82) is 0 Å². The van der Waals surface area contributed by atoms with Gasteiger partial charge in [0.2, 0.25) is 6.41 Å². The van der Waals surface area contributed by atoms with Crippen molar-refractivity contribution in [2.75, 3.05) is 26.3 Å². The van der Waals surface area contributed by atoms with Gasteiger partial charge in [-0.25, -0.2) is 9.93 Å². The average Bonchev–Trinajstić information content (AvgIpc) is 2.90. The second-order valence-electron chi connectivity index (χ2n) is 8.68. The number of hydrogen-bond acceptors (Lipinski definition) is 7. The Balaban J connectivity index is 0.000000233. The topological polar surface area (TPSA) is 114 Å². The van der Waals surface area contributed by atoms with Gasteiger partial charge in [-0.2, -0.15) is 0 Å². The third-order valence-electron chi connectivity index (χ3n) is 6.07. The normalized spacial score (nSPS) is 14.1. The molecule has 3 aromatic rings. The number of carboxylic acids is 1. The van der Waals surface area contributed by atoms with Crippen LogP contribution < -0.4 is 14.6 Å². The Labute approximate surface area is 222 Å². The highest BCUT2D eigenvalue weighted by atomic mass is 32.2. The molecule has 0 aromatic heterocycles. The van der Waals surface area contributed by atoms with Crippen LogP contribution in [0.15, 0.2) is 66.7 Å². The fourth-order valence-electron chi connectivity index (χ4n) is 4.03. The Hall–Kier alpha value is -3.37. The number of carbonyl (C=O) groups excluding carboxylic acids is 1. The molecule has 0 radical (unpaired) electrons. The van der Waals surface area contributed by atoms with E-state index >= 15 is 0 Å². The molecule has 0 spiro atoms. The molecule has 1 unspecified atom stereocenters. The van der Waals surface area contributed by atoms with E-state index in [0.717, 1.165) is 56.4 Å². The fourth-order valence-corrected chi connectivity index (χ4v) is 4.25. The first-order valence-corrected chi connectivity index (χ1v) is 12.8. The highest BCUT2D eigenvalue weighted by Crippen LogP contribution is 2.28. The molecule has 4 N–H and O–H groups in total. The predicted octanol–water partition coefficient (Wildman–Crippen LogP) is 4.59. The van der Waals surface area contributed by atoms with E-state index in [1.54, 1.807) is 12.1 Å². The van der Waals surface area contributed by atoms with Gasteiger partial charge in [0.05, 0.1) is 24.8 Å². The highest BCUT2D eigenvalue weighted by molar-refractivity contribution is 7.92. The Morgan fingerprint density at radius 1 is 1.16 bits per heavy atom. The van der Waals surface area contributed by atoms with Crippen molar-refractivity contribution in [3.63, 3.8) is 0 Å². The van der Waals surface area contributed by atoms with Crippen LogP contribution in [0.5, 0.6) is 5.75 Å². The van der Waals surface area contributed by atoms with Crippen molar-refractivity contribution in [3.8, 4) is 16.9 Å². The molecular formula is C28H33N3O5S. The molecule has 0 bridgehead atoms. The van der Waals surface area contributed by atoms with Gasteiger partial charge in [0, 0.05) is 19.6 Å². The van der Waals surface area contributed by atoms with Crippen molar-refractivity contribution in [2.24, 2.45) is 5.14 Å². The summed E-state index contributed by atoms with van der Waals surface area (Å²) in [5.74, 6) is -0.171. The molecule has 1 saturated heterocycles. The summed E-state index contributed by atoms with van der Waals surface area (Å²) in [6.45, 7) is 8.57. The molecule has 1 aliphatic rings. The largest absolute Gasteiger partial charge is 0.478 e. The number of nitrogens with zero attached hydrogens (tertiary/aromatic N) is 1. The van der Waals surface area contributed by atoms with Gasteiger partial charge in [-0.1, -0.05) is 36.4 Å². The number of nitrogens with two attached hydrogens (primary N) is 1. The van der Waals surface area contributed by atoms with Crippen LogP contribution in [0.4, 0.5) is 0 Å². The van der Waals surface area contributed by atoms with Crippen molar-refractivity contribution >= 4 is 24.6 Å². The second-order valence-corrected chi connectivity index (χ2v) is 9.04. The van der Waals surface area contributed by atoms with Gasteiger partial charge >= 0.3 is 5.97 Å². The van der Waals surface area contributed by atoms with E-state index in [1.165, 1.54) is 34.4 Å². The number of aromatic carboxylic acids is 1.